The smallest absolute Gasteiger partial charge is 0.262 e. The minimum Gasteiger partial charge on any atom is -0.321 e. The lowest BCUT2D eigenvalue weighted by atomic mass is 9.97. The maximum atomic E-state index is 12.9. The van der Waals surface area contributed by atoms with E-state index in [1.54, 1.807) is 36.4 Å². The van der Waals surface area contributed by atoms with Crippen LogP contribution in [0.15, 0.2) is 30.9 Å². The first-order chi connectivity index (χ1) is 10.5. The Labute approximate surface area is 127 Å². The van der Waals surface area contributed by atoms with Crippen LogP contribution >= 0.6 is 0 Å². The van der Waals surface area contributed by atoms with Crippen molar-refractivity contribution in [2.75, 3.05) is 10.2 Å². The molecule has 22 heavy (non-hydrogen) atoms. The van der Waals surface area contributed by atoms with E-state index in [9.17, 15) is 9.59 Å². The van der Waals surface area contributed by atoms with Gasteiger partial charge in [0.25, 0.3) is 5.91 Å². The first-order valence-electron chi connectivity index (χ1n) is 7.06. The molecule has 0 fully saturated rings. The van der Waals surface area contributed by atoms with Gasteiger partial charge < -0.3 is 5.32 Å². The zero-order chi connectivity index (χ0) is 15.9. The van der Waals surface area contributed by atoms with Crippen LogP contribution in [-0.4, -0.2) is 32.6 Å². The second-order valence-electron chi connectivity index (χ2n) is 5.65. The van der Waals surface area contributed by atoms with Gasteiger partial charge in [0.15, 0.2) is 0 Å². The van der Waals surface area contributed by atoms with E-state index >= 15 is 0 Å². The molecule has 0 aliphatic carbocycles. The molecule has 2 aromatic heterocycles. The van der Waals surface area contributed by atoms with E-state index in [-0.39, 0.29) is 17.7 Å². The third-order valence-corrected chi connectivity index (χ3v) is 3.66. The van der Waals surface area contributed by atoms with Crippen LogP contribution in [0.4, 0.5) is 11.4 Å². The van der Waals surface area contributed by atoms with Gasteiger partial charge in [-0.1, -0.05) is 13.8 Å². The van der Waals surface area contributed by atoms with Crippen molar-refractivity contribution in [1.29, 1.82) is 0 Å². The van der Waals surface area contributed by atoms with Gasteiger partial charge in [0.1, 0.15) is 6.04 Å². The van der Waals surface area contributed by atoms with Crippen LogP contribution in [0.5, 0.6) is 0 Å². The predicted octanol–water partition coefficient (Wildman–Crippen LogP) is 1.44. The van der Waals surface area contributed by atoms with Gasteiger partial charge in [0, 0.05) is 19.4 Å². The van der Waals surface area contributed by atoms with E-state index in [2.05, 4.69) is 15.4 Å². The number of pyridine rings is 1. The molecule has 0 saturated heterocycles. The van der Waals surface area contributed by atoms with E-state index in [0.717, 1.165) is 0 Å². The van der Waals surface area contributed by atoms with Gasteiger partial charge in [-0.25, -0.2) is 0 Å². The zero-order valence-electron chi connectivity index (χ0n) is 12.6. The van der Waals surface area contributed by atoms with Gasteiger partial charge in [0.05, 0.1) is 29.3 Å². The Morgan fingerprint density at radius 2 is 2.14 bits per heavy atom. The van der Waals surface area contributed by atoms with Crippen molar-refractivity contribution in [2.24, 2.45) is 13.0 Å². The molecule has 0 bridgehead atoms. The van der Waals surface area contributed by atoms with Crippen LogP contribution in [0.1, 0.15) is 24.2 Å². The summed E-state index contributed by atoms with van der Waals surface area (Å²) in [4.78, 5) is 30.8. The highest BCUT2D eigenvalue weighted by Crippen LogP contribution is 2.34. The van der Waals surface area contributed by atoms with Crippen LogP contribution in [0, 0.1) is 5.92 Å². The van der Waals surface area contributed by atoms with E-state index in [4.69, 9.17) is 0 Å². The largest absolute Gasteiger partial charge is 0.321 e. The molecule has 2 aromatic rings. The SMILES string of the molecule is CC(C)[C@H]1C(=O)Nc2cnccc2N1C(=O)c1cnn(C)c1. The molecule has 0 radical (unpaired) electrons. The van der Waals surface area contributed by atoms with Gasteiger partial charge in [0.2, 0.25) is 5.91 Å². The molecule has 0 spiro atoms. The summed E-state index contributed by atoms with van der Waals surface area (Å²) in [6, 6.07) is 1.17. The molecule has 3 rings (SSSR count). The van der Waals surface area contributed by atoms with Crippen LogP contribution in [-0.2, 0) is 11.8 Å². The molecule has 0 saturated carbocycles. The summed E-state index contributed by atoms with van der Waals surface area (Å²) in [5.74, 6) is -0.469. The minimum absolute atomic E-state index is 0.0260. The van der Waals surface area contributed by atoms with E-state index in [1.165, 1.54) is 11.1 Å². The first kappa shape index (κ1) is 14.2. The lowest BCUT2D eigenvalue weighted by molar-refractivity contribution is -0.118. The lowest BCUT2D eigenvalue weighted by Gasteiger charge is -2.38. The molecule has 0 aromatic carbocycles. The summed E-state index contributed by atoms with van der Waals surface area (Å²) in [5.41, 5.74) is 1.65. The number of carbonyl (C=O) groups excluding carboxylic acids is 2. The van der Waals surface area contributed by atoms with Crippen molar-refractivity contribution < 1.29 is 9.59 Å². The number of aromatic nitrogens is 3. The molecular weight excluding hydrogens is 282 g/mol. The number of amides is 2. The van der Waals surface area contributed by atoms with Crippen LogP contribution in [0.2, 0.25) is 0 Å². The number of rotatable bonds is 2. The van der Waals surface area contributed by atoms with Crippen molar-refractivity contribution in [2.45, 2.75) is 19.9 Å². The Bertz CT molecular complexity index is 737. The molecule has 0 unspecified atom stereocenters. The third kappa shape index (κ3) is 2.24. The first-order valence-corrected chi connectivity index (χ1v) is 7.06. The fourth-order valence-corrected chi connectivity index (χ4v) is 2.67. The molecule has 1 atom stereocenters. The normalized spacial score (nSPS) is 17.4. The Morgan fingerprint density at radius 3 is 2.77 bits per heavy atom. The van der Waals surface area contributed by atoms with E-state index in [0.29, 0.717) is 16.9 Å². The summed E-state index contributed by atoms with van der Waals surface area (Å²) >= 11 is 0. The summed E-state index contributed by atoms with van der Waals surface area (Å²) in [6.07, 6.45) is 6.31. The van der Waals surface area contributed by atoms with E-state index < -0.39 is 6.04 Å². The highest BCUT2D eigenvalue weighted by atomic mass is 16.2. The fraction of sp³-hybridized carbons (Fsp3) is 0.333. The standard InChI is InChI=1S/C15H17N5O2/c1-9(2)13-14(21)18-11-7-16-5-4-12(11)20(13)15(22)10-6-17-19(3)8-10/h4-9,13H,1-3H3,(H,18,21)/t13-/m0/s1. The monoisotopic (exact) mass is 299 g/mol. The minimum atomic E-state index is -0.567. The molecule has 1 N–H and O–H groups in total. The number of anilines is 2. The van der Waals surface area contributed by atoms with Crippen LogP contribution in [0.25, 0.3) is 0 Å². The van der Waals surface area contributed by atoms with Gasteiger partial charge in [-0.3, -0.25) is 24.2 Å². The molecule has 2 amide bonds. The topological polar surface area (TPSA) is 80.1 Å². The number of hydrogen-bond acceptors (Lipinski definition) is 4. The molecule has 114 valence electrons. The van der Waals surface area contributed by atoms with Gasteiger partial charge >= 0.3 is 0 Å². The molecule has 1 aliphatic heterocycles. The quantitative estimate of drug-likeness (QED) is 0.910. The van der Waals surface area contributed by atoms with Crippen molar-refractivity contribution >= 4 is 23.2 Å². The van der Waals surface area contributed by atoms with Gasteiger partial charge in [-0.15, -0.1) is 0 Å². The zero-order valence-corrected chi connectivity index (χ0v) is 12.6. The Hall–Kier alpha value is -2.70. The maximum absolute atomic E-state index is 12.9. The van der Waals surface area contributed by atoms with Crippen molar-refractivity contribution in [3.8, 4) is 0 Å². The third-order valence-electron chi connectivity index (χ3n) is 3.66. The van der Waals surface area contributed by atoms with Gasteiger partial charge in [-0.05, 0) is 12.0 Å². The number of nitrogens with one attached hydrogen (secondary N) is 1. The molecule has 7 heteroatoms. The Kier molecular flexibility index (Phi) is 3.40. The number of aryl methyl sites for hydroxylation is 1. The van der Waals surface area contributed by atoms with Gasteiger partial charge in [-0.2, -0.15) is 5.10 Å². The lowest BCUT2D eigenvalue weighted by Crippen LogP contribution is -2.53. The molecular formula is C15H17N5O2. The number of hydrogen-bond donors (Lipinski definition) is 1. The second kappa shape index (κ2) is 5.25. The molecule has 3 heterocycles. The Balaban J connectivity index is 2.11. The van der Waals surface area contributed by atoms with Crippen molar-refractivity contribution in [1.82, 2.24) is 14.8 Å². The maximum Gasteiger partial charge on any atom is 0.262 e. The fourth-order valence-electron chi connectivity index (χ4n) is 2.67. The van der Waals surface area contributed by atoms with E-state index in [1.807, 2.05) is 13.8 Å². The van der Waals surface area contributed by atoms with Crippen molar-refractivity contribution in [3.05, 3.63) is 36.4 Å². The van der Waals surface area contributed by atoms with Crippen LogP contribution < -0.4 is 10.2 Å². The molecule has 7 nitrogen and oxygen atoms in total. The summed E-state index contributed by atoms with van der Waals surface area (Å²) in [6.45, 7) is 3.83. The number of nitrogens with zero attached hydrogens (tertiary/aromatic N) is 4. The Morgan fingerprint density at radius 1 is 1.36 bits per heavy atom. The average Bonchev–Trinajstić information content (AvgIpc) is 2.91. The molecule has 1 aliphatic rings. The predicted molar refractivity (Wildman–Crippen MR) is 81.5 cm³/mol. The number of fused-ring (bicyclic) bond motifs is 1. The number of carbonyl (C=O) groups is 2. The summed E-state index contributed by atoms with van der Waals surface area (Å²) in [7, 11) is 1.75. The second-order valence-corrected chi connectivity index (χ2v) is 5.65. The summed E-state index contributed by atoms with van der Waals surface area (Å²) < 4.78 is 1.56. The highest BCUT2D eigenvalue weighted by Gasteiger charge is 2.39. The highest BCUT2D eigenvalue weighted by molar-refractivity contribution is 6.16. The van der Waals surface area contributed by atoms with Crippen LogP contribution in [0.3, 0.4) is 0 Å². The average molecular weight is 299 g/mol. The van der Waals surface area contributed by atoms with Crippen molar-refractivity contribution in [3.63, 3.8) is 0 Å². The summed E-state index contributed by atoms with van der Waals surface area (Å²) in [5, 5.41) is 6.85.